The van der Waals surface area contributed by atoms with E-state index < -0.39 is 0 Å². The van der Waals surface area contributed by atoms with Gasteiger partial charge in [0.15, 0.2) is 5.96 Å². The molecule has 1 aliphatic rings. The lowest BCUT2D eigenvalue weighted by Crippen LogP contribution is -2.37. The maximum Gasteiger partial charge on any atom is 0.191 e. The maximum atomic E-state index is 4.72. The quantitative estimate of drug-likeness (QED) is 0.333. The molecular weight excluding hydrogens is 487 g/mol. The number of likely N-dealkylation sites (N-methyl/N-ethyl adjacent to an activating group) is 1. The first kappa shape index (κ1) is 24.6. The highest BCUT2D eigenvalue weighted by atomic mass is 127. The zero-order valence-corrected chi connectivity index (χ0v) is 20.5. The molecule has 1 aromatic heterocycles. The van der Waals surface area contributed by atoms with Crippen LogP contribution in [0.5, 0.6) is 0 Å². The molecule has 7 heteroatoms. The van der Waals surface area contributed by atoms with E-state index in [9.17, 15) is 0 Å². The molecule has 2 N–H and O–H groups in total. The number of hydrogen-bond acceptors (Lipinski definition) is 4. The molecular formula is C23H35IN6. The van der Waals surface area contributed by atoms with Crippen LogP contribution in [-0.2, 0) is 19.6 Å². The fourth-order valence-corrected chi connectivity index (χ4v) is 3.46. The van der Waals surface area contributed by atoms with Crippen molar-refractivity contribution >= 4 is 29.9 Å². The summed E-state index contributed by atoms with van der Waals surface area (Å²) in [6, 6.07) is 14.8. The van der Waals surface area contributed by atoms with Crippen molar-refractivity contribution in [2.24, 2.45) is 4.99 Å². The summed E-state index contributed by atoms with van der Waals surface area (Å²) in [5.74, 6) is 0.816. The Morgan fingerprint density at radius 1 is 1.00 bits per heavy atom. The Morgan fingerprint density at radius 3 is 2.53 bits per heavy atom. The number of aliphatic imine (C=N–C) groups is 1. The van der Waals surface area contributed by atoms with E-state index in [0.29, 0.717) is 13.1 Å². The lowest BCUT2D eigenvalue weighted by molar-refractivity contribution is 0.269. The van der Waals surface area contributed by atoms with Crippen LogP contribution < -0.4 is 10.6 Å². The lowest BCUT2D eigenvalue weighted by Gasteiger charge is -2.20. The summed E-state index contributed by atoms with van der Waals surface area (Å²) >= 11 is 0. The van der Waals surface area contributed by atoms with Crippen LogP contribution in [0, 0.1) is 0 Å². The monoisotopic (exact) mass is 522 g/mol. The van der Waals surface area contributed by atoms with Gasteiger partial charge in [0.1, 0.15) is 0 Å². The lowest BCUT2D eigenvalue weighted by atomic mass is 10.1. The van der Waals surface area contributed by atoms with Gasteiger partial charge in [0.25, 0.3) is 0 Å². The molecule has 2 heterocycles. The Balaban J connectivity index is 0.00000320. The molecule has 6 nitrogen and oxygen atoms in total. The van der Waals surface area contributed by atoms with E-state index in [4.69, 9.17) is 4.99 Å². The molecule has 1 fully saturated rings. The molecule has 0 atom stereocenters. The third kappa shape index (κ3) is 8.57. The van der Waals surface area contributed by atoms with Crippen molar-refractivity contribution < 1.29 is 0 Å². The summed E-state index contributed by atoms with van der Waals surface area (Å²) in [6.45, 7) is 9.96. The van der Waals surface area contributed by atoms with Crippen molar-refractivity contribution in [2.75, 3.05) is 39.8 Å². The third-order valence-electron chi connectivity index (χ3n) is 5.17. The zero-order chi connectivity index (χ0) is 20.3. The fourth-order valence-electron chi connectivity index (χ4n) is 3.46. The largest absolute Gasteiger partial charge is 0.357 e. The number of nitrogens with zero attached hydrogens (tertiary/aromatic N) is 4. The molecule has 0 amide bonds. The molecule has 0 spiro atoms. The van der Waals surface area contributed by atoms with Crippen LogP contribution in [0.25, 0.3) is 0 Å². The van der Waals surface area contributed by atoms with Crippen LogP contribution in [0.4, 0.5) is 0 Å². The minimum atomic E-state index is 0. The van der Waals surface area contributed by atoms with Gasteiger partial charge in [0.2, 0.25) is 0 Å². The van der Waals surface area contributed by atoms with Crippen LogP contribution in [0.2, 0.25) is 0 Å². The molecule has 30 heavy (non-hydrogen) atoms. The third-order valence-corrected chi connectivity index (χ3v) is 5.17. The van der Waals surface area contributed by atoms with E-state index in [1.807, 2.05) is 24.4 Å². The van der Waals surface area contributed by atoms with Crippen molar-refractivity contribution in [1.82, 2.24) is 25.4 Å². The van der Waals surface area contributed by atoms with Crippen molar-refractivity contribution in [1.29, 1.82) is 0 Å². The maximum absolute atomic E-state index is 4.72. The number of rotatable bonds is 7. The summed E-state index contributed by atoms with van der Waals surface area (Å²) in [4.78, 5) is 14.0. The summed E-state index contributed by atoms with van der Waals surface area (Å²) < 4.78 is 0. The number of guanidine groups is 1. The van der Waals surface area contributed by atoms with Gasteiger partial charge in [-0.15, -0.1) is 24.0 Å². The van der Waals surface area contributed by atoms with Crippen LogP contribution >= 0.6 is 24.0 Å². The zero-order valence-electron chi connectivity index (χ0n) is 18.2. The Labute approximate surface area is 198 Å². The fraction of sp³-hybridized carbons (Fsp3) is 0.478. The molecule has 2 aromatic rings. The topological polar surface area (TPSA) is 55.8 Å². The molecule has 0 saturated carbocycles. The van der Waals surface area contributed by atoms with Crippen molar-refractivity contribution in [3.8, 4) is 0 Å². The van der Waals surface area contributed by atoms with Crippen LogP contribution in [-0.4, -0.2) is 60.5 Å². The molecule has 0 radical (unpaired) electrons. The van der Waals surface area contributed by atoms with Crippen LogP contribution in [0.1, 0.15) is 30.2 Å². The van der Waals surface area contributed by atoms with E-state index in [-0.39, 0.29) is 24.0 Å². The summed E-state index contributed by atoms with van der Waals surface area (Å²) in [6.07, 6.45) is 3.06. The first-order valence-electron chi connectivity index (χ1n) is 10.6. The van der Waals surface area contributed by atoms with Crippen LogP contribution in [0.15, 0.2) is 53.7 Å². The first-order chi connectivity index (χ1) is 14.2. The molecule has 0 aliphatic carbocycles. The summed E-state index contributed by atoms with van der Waals surface area (Å²) in [7, 11) is 2.21. The van der Waals surface area contributed by atoms with E-state index >= 15 is 0 Å². The number of nitrogens with one attached hydrogen (secondary N) is 2. The summed E-state index contributed by atoms with van der Waals surface area (Å²) in [5.41, 5.74) is 3.60. The van der Waals surface area contributed by atoms with E-state index in [0.717, 1.165) is 37.8 Å². The normalized spacial score (nSPS) is 15.9. The molecule has 1 saturated heterocycles. The predicted octanol–water partition coefficient (Wildman–Crippen LogP) is 3.09. The molecule has 1 aliphatic heterocycles. The second-order valence-electron chi connectivity index (χ2n) is 7.62. The van der Waals surface area contributed by atoms with Gasteiger partial charge in [-0.25, -0.2) is 4.99 Å². The molecule has 164 valence electrons. The minimum absolute atomic E-state index is 0. The first-order valence-corrected chi connectivity index (χ1v) is 10.6. The van der Waals surface area contributed by atoms with Gasteiger partial charge < -0.3 is 15.5 Å². The number of pyridine rings is 1. The SMILES string of the molecule is CCNC(=NCc1ccc(CN2CCCN(C)CC2)cc1)NCc1ccccn1.I. The smallest absolute Gasteiger partial charge is 0.191 e. The van der Waals surface area contributed by atoms with Gasteiger partial charge in [-0.3, -0.25) is 9.88 Å². The van der Waals surface area contributed by atoms with Crippen molar-refractivity contribution in [2.45, 2.75) is 33.0 Å². The van der Waals surface area contributed by atoms with Gasteiger partial charge >= 0.3 is 0 Å². The standard InChI is InChI=1S/C23H34N6.HI/c1-3-24-23(27-18-22-7-4-5-12-25-22)26-17-20-8-10-21(11-9-20)19-29-14-6-13-28(2)15-16-29;/h4-5,7-12H,3,6,13-19H2,1-2H3,(H2,24,26,27);1H. The average Bonchev–Trinajstić information content (AvgIpc) is 2.96. The highest BCUT2D eigenvalue weighted by Crippen LogP contribution is 2.11. The Hall–Kier alpha value is -1.71. The van der Waals surface area contributed by atoms with Gasteiger partial charge in [-0.2, -0.15) is 0 Å². The number of halogens is 1. The highest BCUT2D eigenvalue weighted by Gasteiger charge is 2.12. The van der Waals surface area contributed by atoms with E-state index in [1.54, 1.807) is 0 Å². The number of aromatic nitrogens is 1. The van der Waals surface area contributed by atoms with Gasteiger partial charge in [0, 0.05) is 32.4 Å². The molecule has 0 unspecified atom stereocenters. The number of benzene rings is 1. The number of hydrogen-bond donors (Lipinski definition) is 2. The Kier molecular flexibility index (Phi) is 11.1. The van der Waals surface area contributed by atoms with Crippen molar-refractivity contribution in [3.05, 3.63) is 65.5 Å². The molecule has 1 aromatic carbocycles. The Morgan fingerprint density at radius 2 is 1.80 bits per heavy atom. The summed E-state index contributed by atoms with van der Waals surface area (Å²) in [5, 5.41) is 6.65. The van der Waals surface area contributed by atoms with Gasteiger partial charge in [-0.1, -0.05) is 30.3 Å². The second-order valence-corrected chi connectivity index (χ2v) is 7.62. The minimum Gasteiger partial charge on any atom is -0.357 e. The second kappa shape index (κ2) is 13.6. The highest BCUT2D eigenvalue weighted by molar-refractivity contribution is 14.0. The van der Waals surface area contributed by atoms with Crippen molar-refractivity contribution in [3.63, 3.8) is 0 Å². The van der Waals surface area contributed by atoms with Crippen LogP contribution in [0.3, 0.4) is 0 Å². The predicted molar refractivity (Wildman–Crippen MR) is 135 cm³/mol. The molecule has 3 rings (SSSR count). The molecule has 0 bridgehead atoms. The average molecular weight is 522 g/mol. The van der Waals surface area contributed by atoms with E-state index in [2.05, 4.69) is 63.7 Å². The van der Waals surface area contributed by atoms with E-state index in [1.165, 1.54) is 30.6 Å². The Bertz CT molecular complexity index is 750. The van der Waals surface area contributed by atoms with Gasteiger partial charge in [0.05, 0.1) is 18.8 Å². The van der Waals surface area contributed by atoms with Gasteiger partial charge in [-0.05, 0) is 56.7 Å².